The Hall–Kier alpha value is -2.62. The van der Waals surface area contributed by atoms with E-state index in [-0.39, 0.29) is 33.6 Å². The Kier molecular flexibility index (Phi) is 7.35. The van der Waals surface area contributed by atoms with Gasteiger partial charge in [-0.3, -0.25) is 0 Å². The minimum Gasteiger partial charge on any atom is -0.454 e. The first-order valence-corrected chi connectivity index (χ1v) is 14.2. The minimum atomic E-state index is -0.486. The van der Waals surface area contributed by atoms with Crippen molar-refractivity contribution in [3.8, 4) is 0 Å². The maximum Gasteiger partial charge on any atom is 0.338 e. The molecule has 2 unspecified atom stereocenters. The van der Waals surface area contributed by atoms with Crippen molar-refractivity contribution in [1.29, 1.82) is 0 Å². The maximum absolute atomic E-state index is 13.5. The molecule has 0 saturated heterocycles. The lowest BCUT2D eigenvalue weighted by molar-refractivity contribution is -0.210. The molecule has 0 spiro atoms. The second-order valence-electron chi connectivity index (χ2n) is 14.3. The van der Waals surface area contributed by atoms with Crippen LogP contribution in [0.25, 0.3) is 0 Å². The van der Waals surface area contributed by atoms with Crippen molar-refractivity contribution in [2.45, 2.75) is 111 Å². The van der Waals surface area contributed by atoms with Gasteiger partial charge in [0, 0.05) is 10.8 Å². The SMILES string of the molecule is CC(C)C12CCC(C)(CC1)C(OC(=O)c1ccc(C(C)(C)C)cc1)C2OC(=O)c1ccc(C(C)(C)C)cc1. The summed E-state index contributed by atoms with van der Waals surface area (Å²) in [5.41, 5.74) is 2.98. The van der Waals surface area contributed by atoms with Gasteiger partial charge in [-0.1, -0.05) is 86.6 Å². The van der Waals surface area contributed by atoms with Crippen molar-refractivity contribution < 1.29 is 19.1 Å². The van der Waals surface area contributed by atoms with Crippen LogP contribution in [0.4, 0.5) is 0 Å². The second kappa shape index (κ2) is 9.84. The lowest BCUT2D eigenvalue weighted by Gasteiger charge is -2.61. The predicted molar refractivity (Wildman–Crippen MR) is 153 cm³/mol. The zero-order valence-corrected chi connectivity index (χ0v) is 24.8. The van der Waals surface area contributed by atoms with Gasteiger partial charge in [0.2, 0.25) is 0 Å². The Labute approximate surface area is 229 Å². The Balaban J connectivity index is 1.62. The monoisotopic (exact) mass is 518 g/mol. The number of hydrogen-bond donors (Lipinski definition) is 0. The first-order chi connectivity index (χ1) is 17.6. The molecule has 4 heteroatoms. The van der Waals surface area contributed by atoms with Gasteiger partial charge >= 0.3 is 11.9 Å². The topological polar surface area (TPSA) is 52.6 Å². The van der Waals surface area contributed by atoms with Gasteiger partial charge in [0.05, 0.1) is 11.1 Å². The summed E-state index contributed by atoms with van der Waals surface area (Å²) in [5.74, 6) is -0.401. The first kappa shape index (κ1) is 28.4. The summed E-state index contributed by atoms with van der Waals surface area (Å²) in [5, 5.41) is 0. The fourth-order valence-electron chi connectivity index (χ4n) is 6.39. The second-order valence-corrected chi connectivity index (χ2v) is 14.3. The van der Waals surface area contributed by atoms with E-state index in [1.54, 1.807) is 0 Å². The average Bonchev–Trinajstić information content (AvgIpc) is 2.85. The van der Waals surface area contributed by atoms with E-state index >= 15 is 0 Å². The number of hydrogen-bond acceptors (Lipinski definition) is 4. The Morgan fingerprint density at radius 2 is 1.05 bits per heavy atom. The molecular weight excluding hydrogens is 472 g/mol. The highest BCUT2D eigenvalue weighted by Gasteiger charge is 2.63. The van der Waals surface area contributed by atoms with Crippen LogP contribution in [0.15, 0.2) is 48.5 Å². The zero-order chi connectivity index (χ0) is 28.1. The molecule has 0 aromatic heterocycles. The fourth-order valence-corrected chi connectivity index (χ4v) is 6.39. The molecule has 0 radical (unpaired) electrons. The van der Waals surface area contributed by atoms with Crippen molar-refractivity contribution >= 4 is 11.9 Å². The van der Waals surface area contributed by atoms with Crippen molar-refractivity contribution in [2.24, 2.45) is 16.7 Å². The summed E-state index contributed by atoms with van der Waals surface area (Å²) in [4.78, 5) is 26.9. The summed E-state index contributed by atoms with van der Waals surface area (Å²) in [7, 11) is 0. The van der Waals surface area contributed by atoms with Crippen LogP contribution in [0.5, 0.6) is 0 Å². The maximum atomic E-state index is 13.5. The van der Waals surface area contributed by atoms with Crippen molar-refractivity contribution in [2.75, 3.05) is 0 Å². The predicted octanol–water partition coefficient (Wildman–Crippen LogP) is 8.27. The third kappa shape index (κ3) is 5.28. The molecule has 206 valence electrons. The van der Waals surface area contributed by atoms with E-state index in [0.29, 0.717) is 17.0 Å². The third-order valence-electron chi connectivity index (χ3n) is 9.44. The van der Waals surface area contributed by atoms with Crippen molar-refractivity contribution in [1.82, 2.24) is 0 Å². The highest BCUT2D eigenvalue weighted by Crippen LogP contribution is 2.61. The van der Waals surface area contributed by atoms with E-state index in [1.807, 2.05) is 48.5 Å². The van der Waals surface area contributed by atoms with E-state index in [2.05, 4.69) is 62.3 Å². The number of esters is 2. The van der Waals surface area contributed by atoms with Gasteiger partial charge in [-0.25, -0.2) is 9.59 Å². The molecule has 3 aliphatic rings. The largest absolute Gasteiger partial charge is 0.454 e. The van der Waals surface area contributed by atoms with Crippen LogP contribution in [0.1, 0.15) is 120 Å². The Morgan fingerprint density at radius 1 is 0.684 bits per heavy atom. The lowest BCUT2D eigenvalue weighted by Crippen LogP contribution is -2.64. The number of carbonyl (C=O) groups is 2. The molecule has 3 saturated carbocycles. The normalized spacial score (nSPS) is 27.3. The van der Waals surface area contributed by atoms with Crippen LogP contribution >= 0.6 is 0 Å². The van der Waals surface area contributed by atoms with Gasteiger partial charge in [-0.15, -0.1) is 0 Å². The fraction of sp³-hybridized carbons (Fsp3) is 0.588. The van der Waals surface area contributed by atoms with Crippen LogP contribution in [-0.2, 0) is 20.3 Å². The molecule has 4 nitrogen and oxygen atoms in total. The minimum absolute atomic E-state index is 0.00559. The summed E-state index contributed by atoms with van der Waals surface area (Å²) in [6.45, 7) is 19.5. The van der Waals surface area contributed by atoms with Gasteiger partial charge in [-0.2, -0.15) is 0 Å². The molecule has 0 aliphatic heterocycles. The lowest BCUT2D eigenvalue weighted by atomic mass is 9.48. The highest BCUT2D eigenvalue weighted by atomic mass is 16.6. The zero-order valence-electron chi connectivity index (χ0n) is 24.8. The third-order valence-corrected chi connectivity index (χ3v) is 9.44. The average molecular weight is 519 g/mol. The first-order valence-electron chi connectivity index (χ1n) is 14.2. The van der Waals surface area contributed by atoms with Crippen LogP contribution in [-0.4, -0.2) is 24.1 Å². The molecular formula is C34H46O4. The van der Waals surface area contributed by atoms with Crippen LogP contribution in [0.3, 0.4) is 0 Å². The van der Waals surface area contributed by atoms with E-state index in [1.165, 1.54) is 11.1 Å². The van der Waals surface area contributed by atoms with Gasteiger partial charge in [0.1, 0.15) is 12.2 Å². The van der Waals surface area contributed by atoms with Gasteiger partial charge < -0.3 is 9.47 Å². The van der Waals surface area contributed by atoms with Gasteiger partial charge in [0.25, 0.3) is 0 Å². The number of ether oxygens (including phenoxy) is 2. The summed E-state index contributed by atoms with van der Waals surface area (Å²) in [6, 6.07) is 15.4. The van der Waals surface area contributed by atoms with Gasteiger partial charge in [-0.05, 0) is 77.8 Å². The summed E-state index contributed by atoms with van der Waals surface area (Å²) >= 11 is 0. The standard InChI is InChI=1S/C34H46O4/c1-22(2)34-20-18-33(9,19-21-34)27(37-29(35)23-10-14-25(15-11-23)31(3,4)5)28(34)38-30(36)24-12-16-26(17-13-24)32(6,7)8/h10-17,22,27-28H,18-21H2,1-9H3. The quantitative estimate of drug-likeness (QED) is 0.374. The molecule has 2 atom stereocenters. The number of carbonyl (C=O) groups excluding carboxylic acids is 2. The van der Waals surface area contributed by atoms with Crippen molar-refractivity contribution in [3.05, 3.63) is 70.8 Å². The molecule has 0 heterocycles. The number of benzene rings is 2. The molecule has 5 rings (SSSR count). The van der Waals surface area contributed by atoms with Crippen LogP contribution in [0.2, 0.25) is 0 Å². The van der Waals surface area contributed by atoms with Crippen LogP contribution in [0, 0.1) is 16.7 Å². The molecule has 2 aromatic rings. The Morgan fingerprint density at radius 3 is 1.39 bits per heavy atom. The van der Waals surface area contributed by atoms with Gasteiger partial charge in [0.15, 0.2) is 0 Å². The number of rotatable bonds is 5. The number of fused-ring (bicyclic) bond motifs is 3. The van der Waals surface area contributed by atoms with Crippen molar-refractivity contribution in [3.63, 3.8) is 0 Å². The molecule has 3 aliphatic carbocycles. The summed E-state index contributed by atoms with van der Waals surface area (Å²) in [6.07, 6.45) is 2.88. The Bertz CT molecular complexity index is 1150. The molecule has 3 fully saturated rings. The van der Waals surface area contributed by atoms with Crippen LogP contribution < -0.4 is 0 Å². The van der Waals surface area contributed by atoms with E-state index in [0.717, 1.165) is 25.7 Å². The van der Waals surface area contributed by atoms with E-state index < -0.39 is 12.2 Å². The van der Waals surface area contributed by atoms with E-state index in [4.69, 9.17) is 9.47 Å². The highest BCUT2D eigenvalue weighted by molar-refractivity contribution is 5.90. The molecule has 0 N–H and O–H groups in total. The molecule has 38 heavy (non-hydrogen) atoms. The molecule has 2 bridgehead atoms. The molecule has 0 amide bonds. The smallest absolute Gasteiger partial charge is 0.338 e. The molecule has 2 aromatic carbocycles. The summed E-state index contributed by atoms with van der Waals surface area (Å²) < 4.78 is 12.7. The van der Waals surface area contributed by atoms with E-state index in [9.17, 15) is 9.59 Å².